The molecule has 0 aliphatic heterocycles. The van der Waals surface area contributed by atoms with Crippen LogP contribution in [0.3, 0.4) is 0 Å². The third-order valence-electron chi connectivity index (χ3n) is 1.74. The molecule has 1 heterocycles. The van der Waals surface area contributed by atoms with Gasteiger partial charge in [-0.3, -0.25) is 4.79 Å². The molecule has 0 spiro atoms. The van der Waals surface area contributed by atoms with Crippen molar-refractivity contribution in [2.24, 2.45) is 5.11 Å². The summed E-state index contributed by atoms with van der Waals surface area (Å²) in [6, 6.07) is 0. The van der Waals surface area contributed by atoms with Gasteiger partial charge in [0.1, 0.15) is 5.56 Å². The maximum atomic E-state index is 12.5. The van der Waals surface area contributed by atoms with Crippen molar-refractivity contribution < 1.29 is 13.2 Å². The highest BCUT2D eigenvalue weighted by molar-refractivity contribution is 5.37. The maximum Gasteiger partial charge on any atom is 0.434 e. The van der Waals surface area contributed by atoms with E-state index in [1.165, 1.54) is 0 Å². The molecule has 0 radical (unpaired) electrons. The van der Waals surface area contributed by atoms with Gasteiger partial charge < -0.3 is 4.98 Å². The van der Waals surface area contributed by atoms with Gasteiger partial charge in [-0.05, 0) is 5.53 Å². The van der Waals surface area contributed by atoms with E-state index in [1.807, 2.05) is 4.98 Å². The van der Waals surface area contributed by atoms with Gasteiger partial charge in [-0.25, -0.2) is 4.98 Å². The van der Waals surface area contributed by atoms with Crippen molar-refractivity contribution >= 4 is 0 Å². The quantitative estimate of drug-likeness (QED) is 0.287. The van der Waals surface area contributed by atoms with Crippen molar-refractivity contribution in [1.29, 1.82) is 0 Å². The van der Waals surface area contributed by atoms with E-state index >= 15 is 0 Å². The summed E-state index contributed by atoms with van der Waals surface area (Å²) in [5.74, 6) is 4.40. The van der Waals surface area contributed by atoms with Crippen LogP contribution in [0.25, 0.3) is 10.4 Å². The lowest BCUT2D eigenvalue weighted by Crippen LogP contribution is -2.20. The van der Waals surface area contributed by atoms with Crippen LogP contribution in [0.1, 0.15) is 17.7 Å². The molecule has 0 amide bonds. The Kier molecular flexibility index (Phi) is 4.34. The molecule has 0 aliphatic carbocycles. The Bertz CT molecular complexity index is 589. The van der Waals surface area contributed by atoms with E-state index in [1.54, 1.807) is 0 Å². The van der Waals surface area contributed by atoms with Crippen molar-refractivity contribution in [3.8, 4) is 11.8 Å². The Morgan fingerprint density at radius 1 is 1.56 bits per heavy atom. The summed E-state index contributed by atoms with van der Waals surface area (Å²) in [5, 5.41) is 3.15. The number of alkyl halides is 3. The number of aromatic amines is 1. The third kappa shape index (κ3) is 3.54. The highest BCUT2D eigenvalue weighted by Crippen LogP contribution is 2.28. The Hall–Kier alpha value is -2.46. The summed E-state index contributed by atoms with van der Waals surface area (Å²) in [5.41, 5.74) is 4.93. The number of aromatic nitrogens is 2. The number of nitrogens with one attached hydrogen (secondary N) is 1. The van der Waals surface area contributed by atoms with E-state index in [4.69, 9.17) is 5.53 Å². The van der Waals surface area contributed by atoms with Gasteiger partial charge in [0.2, 0.25) is 0 Å². The summed E-state index contributed by atoms with van der Waals surface area (Å²) in [6.45, 7) is 0.0169. The molecule has 0 unspecified atom stereocenters. The van der Waals surface area contributed by atoms with Crippen LogP contribution in [-0.2, 0) is 6.18 Å². The Balaban J connectivity index is 3.08. The van der Waals surface area contributed by atoms with Gasteiger partial charge in [-0.15, -0.1) is 0 Å². The molecule has 1 aromatic heterocycles. The van der Waals surface area contributed by atoms with E-state index in [0.29, 0.717) is 6.33 Å². The molecule has 0 atom stereocenters. The summed E-state index contributed by atoms with van der Waals surface area (Å²) in [7, 11) is 0. The number of hydrogen-bond donors (Lipinski definition) is 1. The van der Waals surface area contributed by atoms with E-state index in [0.717, 1.165) is 0 Å². The number of hydrogen-bond acceptors (Lipinski definition) is 3. The molecule has 1 aromatic rings. The molecule has 1 N–H and O–H groups in total. The van der Waals surface area contributed by atoms with Crippen molar-refractivity contribution in [2.75, 3.05) is 6.54 Å². The van der Waals surface area contributed by atoms with Crippen LogP contribution in [0.15, 0.2) is 16.2 Å². The molecule has 0 fully saturated rings. The summed E-state index contributed by atoms with van der Waals surface area (Å²) in [4.78, 5) is 18.8. The normalized spacial score (nSPS) is 10.2. The van der Waals surface area contributed by atoms with E-state index in [9.17, 15) is 18.0 Å². The minimum atomic E-state index is -4.75. The van der Waals surface area contributed by atoms with Crippen LogP contribution < -0.4 is 5.56 Å². The largest absolute Gasteiger partial charge is 0.434 e. The van der Waals surface area contributed by atoms with Crippen LogP contribution in [0, 0.1) is 11.8 Å². The molecule has 6 nitrogen and oxygen atoms in total. The first-order valence-electron chi connectivity index (χ1n) is 4.61. The average molecular weight is 257 g/mol. The molecular weight excluding hydrogens is 251 g/mol. The van der Waals surface area contributed by atoms with Gasteiger partial charge in [0.05, 0.1) is 6.33 Å². The molecule has 0 aromatic carbocycles. The van der Waals surface area contributed by atoms with Gasteiger partial charge in [0, 0.05) is 17.9 Å². The zero-order valence-corrected chi connectivity index (χ0v) is 8.82. The first kappa shape index (κ1) is 13.6. The molecule has 0 saturated carbocycles. The van der Waals surface area contributed by atoms with Crippen LogP contribution in [-0.4, -0.2) is 16.5 Å². The molecular formula is C9H6F3N5O. The lowest BCUT2D eigenvalue weighted by Gasteiger charge is -2.05. The number of H-pyrrole nitrogens is 1. The standard InChI is InChI=1S/C9H6F3N5O/c10-9(11,12)7-6(8(18)15-5-14-7)3-1-2-4-16-17-13/h5H,2,4H2,(H,14,15,18). The first-order valence-corrected chi connectivity index (χ1v) is 4.61. The van der Waals surface area contributed by atoms with Crippen molar-refractivity contribution in [3.63, 3.8) is 0 Å². The molecule has 94 valence electrons. The second-order valence-electron chi connectivity index (χ2n) is 2.96. The zero-order chi connectivity index (χ0) is 13.6. The van der Waals surface area contributed by atoms with Crippen LogP contribution in [0.2, 0.25) is 0 Å². The SMILES string of the molecule is [N-]=[N+]=NCCC#Cc1c(C(F)(F)F)nc[nH]c1=O. The Morgan fingerprint density at radius 2 is 2.28 bits per heavy atom. The fraction of sp³-hybridized carbons (Fsp3) is 0.333. The zero-order valence-electron chi connectivity index (χ0n) is 8.82. The highest BCUT2D eigenvalue weighted by atomic mass is 19.4. The first-order chi connectivity index (χ1) is 8.46. The van der Waals surface area contributed by atoms with Gasteiger partial charge >= 0.3 is 6.18 Å². The average Bonchev–Trinajstić information content (AvgIpc) is 2.29. The number of nitrogens with zero attached hydrogens (tertiary/aromatic N) is 4. The van der Waals surface area contributed by atoms with Crippen molar-refractivity contribution in [3.05, 3.63) is 38.4 Å². The van der Waals surface area contributed by atoms with Crippen LogP contribution in [0.5, 0.6) is 0 Å². The second-order valence-corrected chi connectivity index (χ2v) is 2.96. The minimum Gasteiger partial charge on any atom is -0.312 e. The predicted octanol–water partition coefficient (Wildman–Crippen LogP) is 1.84. The van der Waals surface area contributed by atoms with E-state index < -0.39 is 23.0 Å². The second kappa shape index (κ2) is 5.75. The topological polar surface area (TPSA) is 94.5 Å². The smallest absolute Gasteiger partial charge is 0.312 e. The number of halogens is 3. The van der Waals surface area contributed by atoms with Crippen LogP contribution >= 0.6 is 0 Å². The van der Waals surface area contributed by atoms with Crippen LogP contribution in [0.4, 0.5) is 13.2 Å². The fourth-order valence-corrected chi connectivity index (χ4v) is 1.03. The molecule has 0 bridgehead atoms. The molecule has 0 aliphatic rings. The van der Waals surface area contributed by atoms with Gasteiger partial charge in [0.25, 0.3) is 5.56 Å². The Labute approximate surface area is 98.5 Å². The summed E-state index contributed by atoms with van der Waals surface area (Å²) < 4.78 is 37.5. The van der Waals surface area contributed by atoms with Crippen molar-refractivity contribution in [1.82, 2.24) is 9.97 Å². The van der Waals surface area contributed by atoms with E-state index in [2.05, 4.69) is 26.9 Å². The monoisotopic (exact) mass is 257 g/mol. The Morgan fingerprint density at radius 3 is 2.89 bits per heavy atom. The van der Waals surface area contributed by atoms with Crippen molar-refractivity contribution in [2.45, 2.75) is 12.6 Å². The molecule has 18 heavy (non-hydrogen) atoms. The summed E-state index contributed by atoms with van der Waals surface area (Å²) in [6.07, 6.45) is -4.03. The van der Waals surface area contributed by atoms with Gasteiger partial charge in [-0.2, -0.15) is 13.2 Å². The number of azide groups is 1. The third-order valence-corrected chi connectivity index (χ3v) is 1.74. The lowest BCUT2D eigenvalue weighted by atomic mass is 10.2. The molecule has 9 heteroatoms. The maximum absolute atomic E-state index is 12.5. The highest BCUT2D eigenvalue weighted by Gasteiger charge is 2.36. The lowest BCUT2D eigenvalue weighted by molar-refractivity contribution is -0.141. The van der Waals surface area contributed by atoms with E-state index in [-0.39, 0.29) is 13.0 Å². The molecule has 1 rings (SSSR count). The molecule has 0 saturated heterocycles. The fourth-order valence-electron chi connectivity index (χ4n) is 1.03. The predicted molar refractivity (Wildman–Crippen MR) is 55.4 cm³/mol. The number of rotatable bonds is 2. The summed E-state index contributed by atoms with van der Waals surface area (Å²) >= 11 is 0. The minimum absolute atomic E-state index is 0.0169. The van der Waals surface area contributed by atoms with Gasteiger partial charge in [-0.1, -0.05) is 17.0 Å². The van der Waals surface area contributed by atoms with Gasteiger partial charge in [0.15, 0.2) is 5.69 Å².